The molecule has 0 fully saturated rings. The van der Waals surface area contributed by atoms with Gasteiger partial charge in [0.05, 0.1) is 24.5 Å². The van der Waals surface area contributed by atoms with Crippen LogP contribution in [0.3, 0.4) is 0 Å². The molecule has 1 aromatic heterocycles. The number of aromatic nitrogens is 2. The molecule has 0 aliphatic carbocycles. The van der Waals surface area contributed by atoms with Crippen LogP contribution in [0.1, 0.15) is 31.5 Å². The molecular weight excluding hydrogens is 207 g/mol. The summed E-state index contributed by atoms with van der Waals surface area (Å²) in [5.41, 5.74) is 5.91. The van der Waals surface area contributed by atoms with Crippen LogP contribution in [0, 0.1) is 0 Å². The predicted octanol–water partition coefficient (Wildman–Crippen LogP) is 2.25. The third-order valence-corrected chi connectivity index (χ3v) is 2.04. The number of nitrogens with two attached hydrogens (primary N) is 1. The fourth-order valence-corrected chi connectivity index (χ4v) is 1.42. The van der Waals surface area contributed by atoms with E-state index in [1.54, 1.807) is 4.57 Å². The van der Waals surface area contributed by atoms with Crippen molar-refractivity contribution in [2.75, 3.05) is 0 Å². The maximum Gasteiger partial charge on any atom is 0.390 e. The van der Waals surface area contributed by atoms with Crippen LogP contribution in [0.4, 0.5) is 13.2 Å². The molecule has 1 rings (SSSR count). The average molecular weight is 221 g/mol. The normalized spacial score (nSPS) is 14.2. The maximum absolute atomic E-state index is 12.1. The standard InChI is InChI=1S/C9H14F3N3/c1-2-3-15-6-14-5-8(15)7(13)4-9(10,11)12/h5-7H,2-4,13H2,1H3/t7-/m1/s1. The Morgan fingerprint density at radius 2 is 2.20 bits per heavy atom. The SMILES string of the molecule is CCCn1cncc1[C@H](N)CC(F)(F)F. The molecule has 15 heavy (non-hydrogen) atoms. The van der Waals surface area contributed by atoms with E-state index in [2.05, 4.69) is 4.98 Å². The Kier molecular flexibility index (Phi) is 3.73. The fraction of sp³-hybridized carbons (Fsp3) is 0.667. The van der Waals surface area contributed by atoms with Crippen LogP contribution >= 0.6 is 0 Å². The predicted molar refractivity (Wildman–Crippen MR) is 50.1 cm³/mol. The highest BCUT2D eigenvalue weighted by Gasteiger charge is 2.31. The monoisotopic (exact) mass is 221 g/mol. The Morgan fingerprint density at radius 1 is 1.53 bits per heavy atom. The van der Waals surface area contributed by atoms with Gasteiger partial charge in [-0.05, 0) is 6.42 Å². The van der Waals surface area contributed by atoms with Crippen molar-refractivity contribution in [3.05, 3.63) is 18.2 Å². The van der Waals surface area contributed by atoms with Gasteiger partial charge in [-0.3, -0.25) is 0 Å². The molecule has 0 amide bonds. The highest BCUT2D eigenvalue weighted by atomic mass is 19.4. The van der Waals surface area contributed by atoms with Crippen molar-refractivity contribution in [2.45, 2.75) is 38.5 Å². The Bertz CT molecular complexity index is 306. The van der Waals surface area contributed by atoms with E-state index in [0.29, 0.717) is 12.2 Å². The van der Waals surface area contributed by atoms with E-state index in [4.69, 9.17) is 5.73 Å². The summed E-state index contributed by atoms with van der Waals surface area (Å²) >= 11 is 0. The topological polar surface area (TPSA) is 43.8 Å². The van der Waals surface area contributed by atoms with E-state index in [-0.39, 0.29) is 0 Å². The zero-order valence-corrected chi connectivity index (χ0v) is 8.46. The van der Waals surface area contributed by atoms with Crippen LogP contribution in [0.2, 0.25) is 0 Å². The molecule has 6 heteroatoms. The van der Waals surface area contributed by atoms with Gasteiger partial charge in [-0.15, -0.1) is 0 Å². The van der Waals surface area contributed by atoms with Crippen molar-refractivity contribution >= 4 is 0 Å². The van der Waals surface area contributed by atoms with Crippen LogP contribution in [0.25, 0.3) is 0 Å². The number of rotatable bonds is 4. The van der Waals surface area contributed by atoms with E-state index in [1.807, 2.05) is 6.92 Å². The maximum atomic E-state index is 12.1. The van der Waals surface area contributed by atoms with Gasteiger partial charge in [-0.25, -0.2) is 4.98 Å². The lowest BCUT2D eigenvalue weighted by atomic mass is 10.1. The second kappa shape index (κ2) is 4.65. The second-order valence-electron chi connectivity index (χ2n) is 3.44. The summed E-state index contributed by atoms with van der Waals surface area (Å²) in [7, 11) is 0. The van der Waals surface area contributed by atoms with Gasteiger partial charge in [0.1, 0.15) is 0 Å². The smallest absolute Gasteiger partial charge is 0.333 e. The number of hydrogen-bond acceptors (Lipinski definition) is 2. The fourth-order valence-electron chi connectivity index (χ4n) is 1.42. The van der Waals surface area contributed by atoms with Crippen molar-refractivity contribution in [1.82, 2.24) is 9.55 Å². The summed E-state index contributed by atoms with van der Waals surface area (Å²) in [5.74, 6) is 0. The van der Waals surface area contributed by atoms with Crippen molar-refractivity contribution in [2.24, 2.45) is 5.73 Å². The first kappa shape index (κ1) is 12.0. The lowest BCUT2D eigenvalue weighted by molar-refractivity contribution is -0.138. The van der Waals surface area contributed by atoms with Crippen molar-refractivity contribution in [3.63, 3.8) is 0 Å². The first-order valence-corrected chi connectivity index (χ1v) is 4.76. The summed E-state index contributed by atoms with van der Waals surface area (Å²) in [4.78, 5) is 3.81. The largest absolute Gasteiger partial charge is 0.390 e. The first-order chi connectivity index (χ1) is 6.94. The van der Waals surface area contributed by atoms with Crippen molar-refractivity contribution in [3.8, 4) is 0 Å². The molecule has 0 saturated carbocycles. The molecule has 0 unspecified atom stereocenters. The van der Waals surface area contributed by atoms with E-state index >= 15 is 0 Å². The molecule has 1 aromatic rings. The number of imidazole rings is 1. The Morgan fingerprint density at radius 3 is 2.73 bits per heavy atom. The quantitative estimate of drug-likeness (QED) is 0.847. The molecule has 1 heterocycles. The highest BCUT2D eigenvalue weighted by Crippen LogP contribution is 2.27. The van der Waals surface area contributed by atoms with Gasteiger partial charge < -0.3 is 10.3 Å². The summed E-state index contributed by atoms with van der Waals surface area (Å²) in [6, 6.07) is -1.03. The summed E-state index contributed by atoms with van der Waals surface area (Å²) < 4.78 is 38.0. The average Bonchev–Trinajstić information content (AvgIpc) is 2.49. The van der Waals surface area contributed by atoms with E-state index in [1.165, 1.54) is 12.5 Å². The lowest BCUT2D eigenvalue weighted by Crippen LogP contribution is -2.22. The summed E-state index contributed by atoms with van der Waals surface area (Å²) in [6.45, 7) is 2.58. The van der Waals surface area contributed by atoms with Gasteiger partial charge in [-0.2, -0.15) is 13.2 Å². The molecule has 0 saturated heterocycles. The minimum atomic E-state index is -4.24. The van der Waals surface area contributed by atoms with Gasteiger partial charge in [0.25, 0.3) is 0 Å². The van der Waals surface area contributed by atoms with Gasteiger partial charge in [0.15, 0.2) is 0 Å². The molecular formula is C9H14F3N3. The molecule has 0 bridgehead atoms. The molecule has 0 radical (unpaired) electrons. The van der Waals surface area contributed by atoms with Gasteiger partial charge in [-0.1, -0.05) is 6.92 Å². The molecule has 0 aliphatic heterocycles. The first-order valence-electron chi connectivity index (χ1n) is 4.76. The van der Waals surface area contributed by atoms with E-state index in [0.717, 1.165) is 6.42 Å². The van der Waals surface area contributed by atoms with Crippen LogP contribution in [-0.2, 0) is 6.54 Å². The van der Waals surface area contributed by atoms with Crippen molar-refractivity contribution in [1.29, 1.82) is 0 Å². The van der Waals surface area contributed by atoms with E-state index in [9.17, 15) is 13.2 Å². The van der Waals surface area contributed by atoms with Crippen molar-refractivity contribution < 1.29 is 13.2 Å². The third kappa shape index (κ3) is 3.54. The zero-order valence-electron chi connectivity index (χ0n) is 8.46. The molecule has 0 aromatic carbocycles. The second-order valence-corrected chi connectivity index (χ2v) is 3.44. The van der Waals surface area contributed by atoms with Gasteiger partial charge in [0, 0.05) is 12.7 Å². The Balaban J connectivity index is 2.72. The molecule has 2 N–H and O–H groups in total. The van der Waals surface area contributed by atoms with Gasteiger partial charge in [0.2, 0.25) is 0 Å². The Labute approximate surface area is 86.1 Å². The van der Waals surface area contributed by atoms with Crippen LogP contribution < -0.4 is 5.73 Å². The zero-order chi connectivity index (χ0) is 11.5. The van der Waals surface area contributed by atoms with Crippen LogP contribution in [0.15, 0.2) is 12.5 Å². The summed E-state index contributed by atoms with van der Waals surface area (Å²) in [5, 5.41) is 0. The van der Waals surface area contributed by atoms with Crippen LogP contribution in [0.5, 0.6) is 0 Å². The molecule has 1 atom stereocenters. The minimum absolute atomic E-state index is 0.439. The number of nitrogens with zero attached hydrogens (tertiary/aromatic N) is 2. The molecule has 0 spiro atoms. The van der Waals surface area contributed by atoms with Gasteiger partial charge >= 0.3 is 6.18 Å². The number of halogens is 3. The number of alkyl halides is 3. The summed E-state index contributed by atoms with van der Waals surface area (Å²) in [6.07, 6.45) is -1.51. The van der Waals surface area contributed by atoms with Crippen LogP contribution in [-0.4, -0.2) is 15.7 Å². The lowest BCUT2D eigenvalue weighted by Gasteiger charge is -2.15. The minimum Gasteiger partial charge on any atom is -0.333 e. The molecule has 3 nitrogen and oxygen atoms in total. The van der Waals surface area contributed by atoms with E-state index < -0.39 is 18.6 Å². The third-order valence-electron chi connectivity index (χ3n) is 2.04. The number of aryl methyl sites for hydroxylation is 1. The number of hydrogen-bond donors (Lipinski definition) is 1. The highest BCUT2D eigenvalue weighted by molar-refractivity contribution is 5.05. The molecule has 0 aliphatic rings. The Hall–Kier alpha value is -1.04. The molecule has 86 valence electrons.